The van der Waals surface area contributed by atoms with Gasteiger partial charge in [-0.1, -0.05) is 6.92 Å². The highest BCUT2D eigenvalue weighted by atomic mass is 32.2. The van der Waals surface area contributed by atoms with Crippen LogP contribution in [-0.2, 0) is 0 Å². The van der Waals surface area contributed by atoms with Crippen molar-refractivity contribution in [3.63, 3.8) is 0 Å². The van der Waals surface area contributed by atoms with E-state index in [-0.39, 0.29) is 0 Å². The quantitative estimate of drug-likeness (QED) is 0.690. The number of rotatable bonds is 6. The lowest BCUT2D eigenvalue weighted by molar-refractivity contribution is 0.549. The van der Waals surface area contributed by atoms with Crippen LogP contribution in [0.4, 0.5) is 0 Å². The minimum atomic E-state index is 0.539. The van der Waals surface area contributed by atoms with Crippen LogP contribution in [0.3, 0.4) is 0 Å². The van der Waals surface area contributed by atoms with E-state index >= 15 is 0 Å². The van der Waals surface area contributed by atoms with Gasteiger partial charge in [-0.05, 0) is 31.3 Å². The second kappa shape index (κ2) is 6.20. The normalized spacial score (nSPS) is 28.2. The van der Waals surface area contributed by atoms with Crippen molar-refractivity contribution in [2.45, 2.75) is 31.4 Å². The molecule has 1 aliphatic rings. The van der Waals surface area contributed by atoms with E-state index in [1.807, 2.05) is 11.8 Å². The smallest absolute Gasteiger partial charge is 0.0256 e. The van der Waals surface area contributed by atoms with E-state index in [2.05, 4.69) is 30.9 Å². The largest absolute Gasteiger partial charge is 0.315 e. The van der Waals surface area contributed by atoms with Gasteiger partial charge in [0.05, 0.1) is 0 Å². The molecule has 1 saturated heterocycles. The van der Waals surface area contributed by atoms with E-state index in [1.54, 1.807) is 0 Å². The molecule has 1 unspecified atom stereocenters. The monoisotopic (exact) mass is 219 g/mol. The van der Waals surface area contributed by atoms with E-state index < -0.39 is 0 Å². The minimum absolute atomic E-state index is 0.539. The van der Waals surface area contributed by atoms with Gasteiger partial charge in [-0.2, -0.15) is 23.5 Å². The second-order valence-electron chi connectivity index (χ2n) is 3.78. The van der Waals surface area contributed by atoms with Crippen LogP contribution in [-0.4, -0.2) is 35.1 Å². The highest BCUT2D eigenvalue weighted by molar-refractivity contribution is 8.00. The number of thioether (sulfide) groups is 2. The van der Waals surface area contributed by atoms with Crippen molar-refractivity contribution in [1.82, 2.24) is 5.32 Å². The molecule has 0 aromatic carbocycles. The van der Waals surface area contributed by atoms with E-state index in [9.17, 15) is 0 Å². The molecule has 13 heavy (non-hydrogen) atoms. The molecule has 0 saturated carbocycles. The third kappa shape index (κ3) is 4.61. The maximum absolute atomic E-state index is 3.56. The van der Waals surface area contributed by atoms with Gasteiger partial charge < -0.3 is 5.32 Å². The van der Waals surface area contributed by atoms with Gasteiger partial charge in [0.25, 0.3) is 0 Å². The molecule has 1 atom stereocenters. The van der Waals surface area contributed by atoms with E-state index in [0.29, 0.717) is 4.75 Å². The van der Waals surface area contributed by atoms with Gasteiger partial charge in [0.15, 0.2) is 0 Å². The van der Waals surface area contributed by atoms with Crippen LogP contribution < -0.4 is 5.32 Å². The molecule has 1 aliphatic heterocycles. The Kier molecular flexibility index (Phi) is 5.60. The fourth-order valence-electron chi connectivity index (χ4n) is 1.62. The van der Waals surface area contributed by atoms with Crippen molar-refractivity contribution in [3.8, 4) is 0 Å². The molecule has 78 valence electrons. The molecular formula is C10H21NS2. The third-order valence-corrected chi connectivity index (χ3v) is 4.87. The fraction of sp³-hybridized carbons (Fsp3) is 1.00. The Labute approximate surface area is 90.8 Å². The lowest BCUT2D eigenvalue weighted by atomic mass is 10.1. The third-order valence-electron chi connectivity index (χ3n) is 2.43. The second-order valence-corrected chi connectivity index (χ2v) is 6.85. The number of hydrogen-bond acceptors (Lipinski definition) is 3. The summed E-state index contributed by atoms with van der Waals surface area (Å²) in [5, 5.41) is 3.56. The molecule has 0 radical (unpaired) electrons. The number of hydrogen-bond donors (Lipinski definition) is 1. The van der Waals surface area contributed by atoms with Crippen LogP contribution in [0.25, 0.3) is 0 Å². The molecule has 0 aromatic heterocycles. The first-order chi connectivity index (χ1) is 6.27. The molecule has 1 rings (SSSR count). The Bertz CT molecular complexity index is 133. The molecule has 1 nitrogen and oxygen atoms in total. The Morgan fingerprint density at radius 3 is 3.00 bits per heavy atom. The summed E-state index contributed by atoms with van der Waals surface area (Å²) in [4.78, 5) is 0. The maximum atomic E-state index is 3.56. The van der Waals surface area contributed by atoms with Crippen molar-refractivity contribution in [2.75, 3.05) is 30.3 Å². The fourth-order valence-corrected chi connectivity index (χ4v) is 3.47. The topological polar surface area (TPSA) is 12.0 Å². The van der Waals surface area contributed by atoms with Crippen LogP contribution in [0, 0.1) is 0 Å². The average Bonchev–Trinajstić information content (AvgIpc) is 2.53. The predicted molar refractivity (Wildman–Crippen MR) is 66.0 cm³/mol. The van der Waals surface area contributed by atoms with Gasteiger partial charge in [0.2, 0.25) is 0 Å². The molecule has 1 N–H and O–H groups in total. The first kappa shape index (κ1) is 11.7. The molecule has 1 heterocycles. The zero-order valence-electron chi connectivity index (χ0n) is 8.77. The summed E-state index contributed by atoms with van der Waals surface area (Å²) in [6.45, 7) is 6.99. The summed E-state index contributed by atoms with van der Waals surface area (Å²) in [6, 6.07) is 0. The molecule has 0 amide bonds. The van der Waals surface area contributed by atoms with Gasteiger partial charge in [-0.3, -0.25) is 0 Å². The van der Waals surface area contributed by atoms with Crippen molar-refractivity contribution < 1.29 is 0 Å². The van der Waals surface area contributed by atoms with Crippen molar-refractivity contribution >= 4 is 23.5 Å². The Morgan fingerprint density at radius 1 is 1.54 bits per heavy atom. The van der Waals surface area contributed by atoms with E-state index in [4.69, 9.17) is 0 Å². The molecule has 0 bridgehead atoms. The standard InChI is InChI=1S/C10H21NS2/c1-3-12-8-6-11-9-10(2)5-4-7-13-10/h11H,3-9H2,1-2H3. The van der Waals surface area contributed by atoms with Gasteiger partial charge >= 0.3 is 0 Å². The van der Waals surface area contributed by atoms with Crippen molar-refractivity contribution in [3.05, 3.63) is 0 Å². The molecule has 3 heteroatoms. The molecular weight excluding hydrogens is 198 g/mol. The van der Waals surface area contributed by atoms with Crippen LogP contribution in [0.5, 0.6) is 0 Å². The van der Waals surface area contributed by atoms with E-state index in [1.165, 1.54) is 43.2 Å². The molecule has 0 aliphatic carbocycles. The van der Waals surface area contributed by atoms with Crippen molar-refractivity contribution in [2.24, 2.45) is 0 Å². The van der Waals surface area contributed by atoms with Gasteiger partial charge in [0.1, 0.15) is 0 Å². The van der Waals surface area contributed by atoms with Crippen LogP contribution in [0.1, 0.15) is 26.7 Å². The Balaban J connectivity index is 1.98. The number of nitrogens with one attached hydrogen (secondary N) is 1. The highest BCUT2D eigenvalue weighted by Gasteiger charge is 2.28. The summed E-state index contributed by atoms with van der Waals surface area (Å²) >= 11 is 4.16. The van der Waals surface area contributed by atoms with Crippen LogP contribution in [0.15, 0.2) is 0 Å². The Morgan fingerprint density at radius 2 is 2.38 bits per heavy atom. The van der Waals surface area contributed by atoms with Gasteiger partial charge in [-0.25, -0.2) is 0 Å². The first-order valence-electron chi connectivity index (χ1n) is 5.19. The minimum Gasteiger partial charge on any atom is -0.315 e. The predicted octanol–water partition coefficient (Wildman–Crippen LogP) is 2.61. The lowest BCUT2D eigenvalue weighted by Crippen LogP contribution is -2.34. The van der Waals surface area contributed by atoms with Crippen LogP contribution in [0.2, 0.25) is 0 Å². The van der Waals surface area contributed by atoms with Gasteiger partial charge in [0, 0.05) is 23.6 Å². The van der Waals surface area contributed by atoms with Crippen molar-refractivity contribution in [1.29, 1.82) is 0 Å². The van der Waals surface area contributed by atoms with Gasteiger partial charge in [-0.15, -0.1) is 0 Å². The molecule has 0 aromatic rings. The first-order valence-corrected chi connectivity index (χ1v) is 7.33. The summed E-state index contributed by atoms with van der Waals surface area (Å²) in [5.74, 6) is 3.87. The summed E-state index contributed by atoms with van der Waals surface area (Å²) in [6.07, 6.45) is 2.80. The lowest BCUT2D eigenvalue weighted by Gasteiger charge is -2.22. The summed E-state index contributed by atoms with van der Waals surface area (Å²) in [7, 11) is 0. The zero-order chi connectivity index (χ0) is 9.57. The SMILES string of the molecule is CCSCCNCC1(C)CCCS1. The summed E-state index contributed by atoms with van der Waals surface area (Å²) < 4.78 is 0.539. The zero-order valence-corrected chi connectivity index (χ0v) is 10.4. The Hall–Kier alpha value is 0.660. The molecule has 1 fully saturated rings. The van der Waals surface area contributed by atoms with E-state index in [0.717, 1.165) is 0 Å². The molecule has 0 spiro atoms. The van der Waals surface area contributed by atoms with Crippen LogP contribution >= 0.6 is 23.5 Å². The summed E-state index contributed by atoms with van der Waals surface area (Å²) in [5.41, 5.74) is 0. The highest BCUT2D eigenvalue weighted by Crippen LogP contribution is 2.36. The average molecular weight is 219 g/mol. The maximum Gasteiger partial charge on any atom is 0.0256 e.